The van der Waals surface area contributed by atoms with Gasteiger partial charge < -0.3 is 0 Å². The van der Waals surface area contributed by atoms with Crippen LogP contribution in [0.2, 0.25) is 0 Å². The molecule has 2 atom stereocenters. The molecule has 0 fully saturated rings. The molecule has 108 valence electrons. The van der Waals surface area contributed by atoms with Crippen LogP contribution < -0.4 is 0 Å². The average molecular weight is 283 g/mol. The molecule has 0 amide bonds. The van der Waals surface area contributed by atoms with Crippen LogP contribution in [0.15, 0.2) is 60.7 Å². The lowest BCUT2D eigenvalue weighted by molar-refractivity contribution is -0.522. The van der Waals surface area contributed by atoms with E-state index in [-0.39, 0.29) is 17.1 Å². The number of carbonyl (C=O) groups excluding carboxylic acids is 1. The Balaban J connectivity index is 2.25. The second-order valence-electron chi connectivity index (χ2n) is 5.04. The SMILES string of the molecule is CC(C(CC(=O)c1ccccc1)c1ccccc1)[N+](=O)[O-]. The molecule has 0 bridgehead atoms. The maximum Gasteiger partial charge on any atom is 0.217 e. The zero-order chi connectivity index (χ0) is 15.2. The lowest BCUT2D eigenvalue weighted by Crippen LogP contribution is -2.26. The van der Waals surface area contributed by atoms with Crippen molar-refractivity contribution in [2.75, 3.05) is 0 Å². The Hall–Kier alpha value is -2.49. The molecule has 0 saturated heterocycles. The maximum atomic E-state index is 12.3. The van der Waals surface area contributed by atoms with E-state index in [9.17, 15) is 14.9 Å². The highest BCUT2D eigenvalue weighted by Gasteiger charge is 2.30. The fourth-order valence-corrected chi connectivity index (χ4v) is 2.36. The summed E-state index contributed by atoms with van der Waals surface area (Å²) in [5.74, 6) is -0.493. The third-order valence-corrected chi connectivity index (χ3v) is 3.64. The third kappa shape index (κ3) is 3.75. The molecular formula is C17H17NO3. The summed E-state index contributed by atoms with van der Waals surface area (Å²) in [6.07, 6.45) is 0.135. The molecule has 0 aromatic heterocycles. The van der Waals surface area contributed by atoms with E-state index in [0.717, 1.165) is 5.56 Å². The third-order valence-electron chi connectivity index (χ3n) is 3.64. The number of benzene rings is 2. The van der Waals surface area contributed by atoms with Gasteiger partial charge in [0.2, 0.25) is 6.04 Å². The topological polar surface area (TPSA) is 60.2 Å². The summed E-state index contributed by atoms with van der Waals surface area (Å²) in [6.45, 7) is 1.55. The summed E-state index contributed by atoms with van der Waals surface area (Å²) in [7, 11) is 0. The first-order chi connectivity index (χ1) is 10.1. The number of nitrogens with zero attached hydrogens (tertiary/aromatic N) is 1. The van der Waals surface area contributed by atoms with E-state index in [4.69, 9.17) is 0 Å². The van der Waals surface area contributed by atoms with E-state index in [0.29, 0.717) is 5.56 Å². The van der Waals surface area contributed by atoms with Crippen molar-refractivity contribution in [2.24, 2.45) is 0 Å². The molecule has 0 heterocycles. The lowest BCUT2D eigenvalue weighted by Gasteiger charge is -2.18. The molecule has 0 aliphatic carbocycles. The Kier molecular flexibility index (Phi) is 4.82. The van der Waals surface area contributed by atoms with Crippen molar-refractivity contribution in [1.29, 1.82) is 0 Å². The van der Waals surface area contributed by atoms with Crippen LogP contribution >= 0.6 is 0 Å². The first-order valence-corrected chi connectivity index (χ1v) is 6.86. The first-order valence-electron chi connectivity index (χ1n) is 6.86. The standard InChI is InChI=1S/C17H17NO3/c1-13(18(20)21)16(14-8-4-2-5-9-14)12-17(19)15-10-6-3-7-11-15/h2-11,13,16H,12H2,1H3. The van der Waals surface area contributed by atoms with E-state index in [1.54, 1.807) is 31.2 Å². The quantitative estimate of drug-likeness (QED) is 0.461. The molecule has 21 heavy (non-hydrogen) atoms. The number of hydrogen-bond donors (Lipinski definition) is 0. The highest BCUT2D eigenvalue weighted by Crippen LogP contribution is 2.26. The molecule has 2 rings (SSSR count). The van der Waals surface area contributed by atoms with Crippen molar-refractivity contribution >= 4 is 5.78 Å². The molecule has 0 radical (unpaired) electrons. The van der Waals surface area contributed by atoms with Crippen LogP contribution in [0.25, 0.3) is 0 Å². The minimum atomic E-state index is -0.805. The predicted molar refractivity (Wildman–Crippen MR) is 81.0 cm³/mol. The number of Topliss-reactive ketones (excluding diaryl/α,β-unsaturated/α-hetero) is 1. The van der Waals surface area contributed by atoms with Gasteiger partial charge in [0.15, 0.2) is 5.78 Å². The van der Waals surface area contributed by atoms with Gasteiger partial charge in [0, 0.05) is 23.8 Å². The van der Waals surface area contributed by atoms with Crippen molar-refractivity contribution in [3.63, 3.8) is 0 Å². The zero-order valence-electron chi connectivity index (χ0n) is 11.8. The van der Waals surface area contributed by atoms with Crippen LogP contribution in [0.4, 0.5) is 0 Å². The molecule has 2 unspecified atom stereocenters. The van der Waals surface area contributed by atoms with Crippen LogP contribution in [0.1, 0.15) is 35.2 Å². The molecule has 0 aliphatic rings. The van der Waals surface area contributed by atoms with E-state index in [2.05, 4.69) is 0 Å². The Morgan fingerprint density at radius 1 is 1.05 bits per heavy atom. The minimum absolute atomic E-state index is 0.0712. The van der Waals surface area contributed by atoms with Gasteiger partial charge in [-0.2, -0.15) is 0 Å². The monoisotopic (exact) mass is 283 g/mol. The molecule has 0 aliphatic heterocycles. The normalized spacial score (nSPS) is 13.4. The predicted octanol–water partition coefficient (Wildman–Crippen LogP) is 3.71. The van der Waals surface area contributed by atoms with Crippen molar-refractivity contribution in [1.82, 2.24) is 0 Å². The van der Waals surface area contributed by atoms with E-state index in [1.165, 1.54) is 0 Å². The van der Waals surface area contributed by atoms with Crippen molar-refractivity contribution in [2.45, 2.75) is 25.3 Å². The van der Waals surface area contributed by atoms with Gasteiger partial charge in [0.25, 0.3) is 0 Å². The minimum Gasteiger partial charge on any atom is -0.294 e. The van der Waals surface area contributed by atoms with Gasteiger partial charge in [0.1, 0.15) is 0 Å². The van der Waals surface area contributed by atoms with Gasteiger partial charge in [-0.25, -0.2) is 0 Å². The van der Waals surface area contributed by atoms with E-state index >= 15 is 0 Å². The summed E-state index contributed by atoms with van der Waals surface area (Å²) in [6, 6.07) is 17.3. The second-order valence-corrected chi connectivity index (χ2v) is 5.04. The number of rotatable bonds is 6. The Morgan fingerprint density at radius 3 is 2.10 bits per heavy atom. The van der Waals surface area contributed by atoms with Crippen LogP contribution in [0, 0.1) is 10.1 Å². The van der Waals surface area contributed by atoms with Crippen LogP contribution in [-0.4, -0.2) is 16.7 Å². The second kappa shape index (κ2) is 6.79. The Labute approximate surface area is 123 Å². The Bertz CT molecular complexity index is 610. The summed E-state index contributed by atoms with van der Waals surface area (Å²) in [5.41, 5.74) is 1.42. The number of ketones is 1. The summed E-state index contributed by atoms with van der Waals surface area (Å²) in [4.78, 5) is 23.1. The van der Waals surface area contributed by atoms with Crippen molar-refractivity contribution in [3.05, 3.63) is 81.9 Å². The first kappa shape index (κ1) is 14.9. The van der Waals surface area contributed by atoms with Gasteiger partial charge in [-0.1, -0.05) is 60.7 Å². The van der Waals surface area contributed by atoms with Gasteiger partial charge >= 0.3 is 0 Å². The molecule has 2 aromatic rings. The summed E-state index contributed by atoms with van der Waals surface area (Å²) in [5, 5.41) is 11.1. The number of nitro groups is 1. The zero-order valence-corrected chi connectivity index (χ0v) is 11.8. The van der Waals surface area contributed by atoms with Gasteiger partial charge in [-0.15, -0.1) is 0 Å². The van der Waals surface area contributed by atoms with Crippen molar-refractivity contribution < 1.29 is 9.72 Å². The fraction of sp³-hybridized carbons (Fsp3) is 0.235. The lowest BCUT2D eigenvalue weighted by atomic mass is 9.86. The van der Waals surface area contributed by atoms with Crippen molar-refractivity contribution in [3.8, 4) is 0 Å². The van der Waals surface area contributed by atoms with Crippen LogP contribution in [-0.2, 0) is 0 Å². The smallest absolute Gasteiger partial charge is 0.217 e. The number of carbonyl (C=O) groups is 1. The molecule has 4 heteroatoms. The molecule has 2 aromatic carbocycles. The maximum absolute atomic E-state index is 12.3. The van der Waals surface area contributed by atoms with E-state index < -0.39 is 12.0 Å². The van der Waals surface area contributed by atoms with Gasteiger partial charge in [-0.05, 0) is 5.56 Å². The number of hydrogen-bond acceptors (Lipinski definition) is 3. The Morgan fingerprint density at radius 2 is 1.57 bits per heavy atom. The largest absolute Gasteiger partial charge is 0.294 e. The molecular weight excluding hydrogens is 266 g/mol. The van der Waals surface area contributed by atoms with Crippen LogP contribution in [0.3, 0.4) is 0 Å². The highest BCUT2D eigenvalue weighted by molar-refractivity contribution is 5.96. The summed E-state index contributed by atoms with van der Waals surface area (Å²) < 4.78 is 0. The van der Waals surface area contributed by atoms with Gasteiger partial charge in [-0.3, -0.25) is 14.9 Å². The highest BCUT2D eigenvalue weighted by atomic mass is 16.6. The fourth-order valence-electron chi connectivity index (χ4n) is 2.36. The summed E-state index contributed by atoms with van der Waals surface area (Å²) >= 11 is 0. The molecule has 0 spiro atoms. The molecule has 0 saturated carbocycles. The average Bonchev–Trinajstić information content (AvgIpc) is 2.53. The van der Waals surface area contributed by atoms with Crippen LogP contribution in [0.5, 0.6) is 0 Å². The van der Waals surface area contributed by atoms with E-state index in [1.807, 2.05) is 36.4 Å². The molecule has 4 nitrogen and oxygen atoms in total. The van der Waals surface area contributed by atoms with Gasteiger partial charge in [0.05, 0.1) is 5.92 Å². The molecule has 0 N–H and O–H groups in total.